The lowest BCUT2D eigenvalue weighted by Crippen LogP contribution is -2.11. The quantitative estimate of drug-likeness (QED) is 0.645. The maximum absolute atomic E-state index is 5.56. The van der Waals surface area contributed by atoms with Gasteiger partial charge < -0.3 is 5.73 Å². The third kappa shape index (κ3) is 2.93. The van der Waals surface area contributed by atoms with Gasteiger partial charge in [-0.05, 0) is 25.0 Å². The van der Waals surface area contributed by atoms with Gasteiger partial charge in [0, 0.05) is 5.56 Å². The molecular formula is C12H15N. The molecule has 0 radical (unpaired) electrons. The van der Waals surface area contributed by atoms with Gasteiger partial charge in [0.2, 0.25) is 0 Å². The van der Waals surface area contributed by atoms with Crippen LogP contribution in [-0.2, 0) is 6.42 Å². The standard InChI is InChI=1S/C12H15N/c1-3-11-6-4-5-7-12(11)9-8-10(2)13/h4-7,10H,3,13H2,1-2H3. The first-order chi connectivity index (χ1) is 6.24. The van der Waals surface area contributed by atoms with Crippen LogP contribution in [0, 0.1) is 11.8 Å². The van der Waals surface area contributed by atoms with Gasteiger partial charge in [0.1, 0.15) is 0 Å². The summed E-state index contributed by atoms with van der Waals surface area (Å²) in [7, 11) is 0. The third-order valence-electron chi connectivity index (χ3n) is 1.83. The van der Waals surface area contributed by atoms with Crippen LogP contribution in [0.1, 0.15) is 25.0 Å². The Balaban J connectivity index is 2.95. The lowest BCUT2D eigenvalue weighted by molar-refractivity contribution is 0.959. The molecule has 0 aliphatic heterocycles. The Hall–Kier alpha value is -1.26. The molecule has 0 heterocycles. The SMILES string of the molecule is CCc1ccccc1C#CC(C)N. The second-order valence-electron chi connectivity index (χ2n) is 3.07. The second kappa shape index (κ2) is 4.69. The predicted octanol–water partition coefficient (Wildman–Crippen LogP) is 1.95. The van der Waals surface area contributed by atoms with Crippen molar-refractivity contribution in [1.29, 1.82) is 0 Å². The van der Waals surface area contributed by atoms with Gasteiger partial charge in [-0.25, -0.2) is 0 Å². The molecule has 0 amide bonds. The van der Waals surface area contributed by atoms with E-state index < -0.39 is 0 Å². The number of nitrogens with two attached hydrogens (primary N) is 1. The van der Waals surface area contributed by atoms with E-state index in [1.807, 2.05) is 25.1 Å². The van der Waals surface area contributed by atoms with Crippen molar-refractivity contribution in [2.75, 3.05) is 0 Å². The van der Waals surface area contributed by atoms with Crippen LogP contribution in [0.3, 0.4) is 0 Å². The summed E-state index contributed by atoms with van der Waals surface area (Å²) in [4.78, 5) is 0. The van der Waals surface area contributed by atoms with Crippen molar-refractivity contribution in [3.63, 3.8) is 0 Å². The molecule has 1 heteroatoms. The maximum Gasteiger partial charge on any atom is 0.0639 e. The molecule has 13 heavy (non-hydrogen) atoms. The van der Waals surface area contributed by atoms with Crippen LogP contribution in [0.15, 0.2) is 24.3 Å². The molecule has 0 saturated carbocycles. The van der Waals surface area contributed by atoms with Gasteiger partial charge in [-0.1, -0.05) is 37.0 Å². The smallest absolute Gasteiger partial charge is 0.0639 e. The highest BCUT2D eigenvalue weighted by Gasteiger charge is 1.94. The zero-order valence-electron chi connectivity index (χ0n) is 8.17. The molecule has 1 nitrogen and oxygen atoms in total. The van der Waals surface area contributed by atoms with Crippen LogP contribution < -0.4 is 5.73 Å². The van der Waals surface area contributed by atoms with Crippen molar-refractivity contribution in [2.45, 2.75) is 26.3 Å². The van der Waals surface area contributed by atoms with E-state index in [4.69, 9.17) is 5.73 Å². The Kier molecular flexibility index (Phi) is 3.54. The van der Waals surface area contributed by atoms with Crippen LogP contribution in [0.4, 0.5) is 0 Å². The molecule has 1 rings (SSSR count). The van der Waals surface area contributed by atoms with Gasteiger partial charge in [0.15, 0.2) is 0 Å². The highest BCUT2D eigenvalue weighted by molar-refractivity contribution is 5.41. The Morgan fingerprint density at radius 1 is 1.38 bits per heavy atom. The van der Waals surface area contributed by atoms with Gasteiger partial charge in [-0.15, -0.1) is 0 Å². The number of benzene rings is 1. The van der Waals surface area contributed by atoms with Crippen LogP contribution in [0.5, 0.6) is 0 Å². The second-order valence-corrected chi connectivity index (χ2v) is 3.07. The van der Waals surface area contributed by atoms with Crippen molar-refractivity contribution in [3.05, 3.63) is 35.4 Å². The first-order valence-corrected chi connectivity index (χ1v) is 4.59. The minimum Gasteiger partial charge on any atom is -0.318 e. The van der Waals surface area contributed by atoms with Crippen LogP contribution in [-0.4, -0.2) is 6.04 Å². The summed E-state index contributed by atoms with van der Waals surface area (Å²) < 4.78 is 0. The van der Waals surface area contributed by atoms with E-state index in [0.717, 1.165) is 12.0 Å². The summed E-state index contributed by atoms with van der Waals surface area (Å²) in [6, 6.07) is 8.13. The monoisotopic (exact) mass is 173 g/mol. The van der Waals surface area contributed by atoms with E-state index in [-0.39, 0.29) is 6.04 Å². The normalized spacial score (nSPS) is 11.6. The summed E-state index contributed by atoms with van der Waals surface area (Å²) >= 11 is 0. The highest BCUT2D eigenvalue weighted by Crippen LogP contribution is 2.07. The largest absolute Gasteiger partial charge is 0.318 e. The fourth-order valence-electron chi connectivity index (χ4n) is 1.14. The Bertz CT molecular complexity index is 328. The molecule has 0 bridgehead atoms. The lowest BCUT2D eigenvalue weighted by atomic mass is 10.1. The molecule has 0 aliphatic carbocycles. The molecule has 0 spiro atoms. The molecule has 1 atom stereocenters. The molecule has 68 valence electrons. The summed E-state index contributed by atoms with van der Waals surface area (Å²) in [6.45, 7) is 4.02. The Morgan fingerprint density at radius 3 is 2.69 bits per heavy atom. The molecular weight excluding hydrogens is 158 g/mol. The highest BCUT2D eigenvalue weighted by atomic mass is 14.6. The van der Waals surface area contributed by atoms with Gasteiger partial charge in [-0.2, -0.15) is 0 Å². The number of rotatable bonds is 1. The summed E-state index contributed by atoms with van der Waals surface area (Å²) in [5.41, 5.74) is 7.95. The minimum atomic E-state index is -0.0510. The van der Waals surface area contributed by atoms with Gasteiger partial charge in [0.25, 0.3) is 0 Å². The van der Waals surface area contributed by atoms with Crippen molar-refractivity contribution in [3.8, 4) is 11.8 Å². The molecule has 1 aromatic carbocycles. The molecule has 1 unspecified atom stereocenters. The average molecular weight is 173 g/mol. The Morgan fingerprint density at radius 2 is 2.08 bits per heavy atom. The maximum atomic E-state index is 5.56. The first kappa shape index (κ1) is 9.83. The number of hydrogen-bond acceptors (Lipinski definition) is 1. The zero-order chi connectivity index (χ0) is 9.68. The summed E-state index contributed by atoms with van der Waals surface area (Å²) in [5.74, 6) is 6.05. The van der Waals surface area contributed by atoms with Crippen molar-refractivity contribution in [2.24, 2.45) is 5.73 Å². The topological polar surface area (TPSA) is 26.0 Å². The van der Waals surface area contributed by atoms with E-state index in [1.54, 1.807) is 0 Å². The molecule has 1 aromatic rings. The third-order valence-corrected chi connectivity index (χ3v) is 1.83. The van der Waals surface area contributed by atoms with Crippen LogP contribution in [0.2, 0.25) is 0 Å². The summed E-state index contributed by atoms with van der Waals surface area (Å²) in [6.07, 6.45) is 1.02. The van der Waals surface area contributed by atoms with Crippen molar-refractivity contribution in [1.82, 2.24) is 0 Å². The lowest BCUT2D eigenvalue weighted by Gasteiger charge is -1.99. The fraction of sp³-hybridized carbons (Fsp3) is 0.333. The van der Waals surface area contributed by atoms with Gasteiger partial charge in [-0.3, -0.25) is 0 Å². The van der Waals surface area contributed by atoms with Crippen molar-refractivity contribution < 1.29 is 0 Å². The molecule has 0 fully saturated rings. The number of aryl methyl sites for hydroxylation is 1. The van der Waals surface area contributed by atoms with Crippen molar-refractivity contribution >= 4 is 0 Å². The summed E-state index contributed by atoms with van der Waals surface area (Å²) in [5, 5.41) is 0. The van der Waals surface area contributed by atoms with E-state index >= 15 is 0 Å². The molecule has 0 aliphatic rings. The average Bonchev–Trinajstić information content (AvgIpc) is 2.15. The van der Waals surface area contributed by atoms with Crippen LogP contribution >= 0.6 is 0 Å². The first-order valence-electron chi connectivity index (χ1n) is 4.59. The van der Waals surface area contributed by atoms with Gasteiger partial charge in [0.05, 0.1) is 6.04 Å². The van der Waals surface area contributed by atoms with E-state index in [1.165, 1.54) is 5.56 Å². The molecule has 0 aromatic heterocycles. The van der Waals surface area contributed by atoms with E-state index in [0.29, 0.717) is 0 Å². The van der Waals surface area contributed by atoms with Gasteiger partial charge >= 0.3 is 0 Å². The number of hydrogen-bond donors (Lipinski definition) is 1. The predicted molar refractivity (Wildman–Crippen MR) is 56.3 cm³/mol. The fourth-order valence-corrected chi connectivity index (χ4v) is 1.14. The zero-order valence-corrected chi connectivity index (χ0v) is 8.17. The Labute approximate surface area is 80.0 Å². The van der Waals surface area contributed by atoms with Crippen LogP contribution in [0.25, 0.3) is 0 Å². The minimum absolute atomic E-state index is 0.0510. The van der Waals surface area contributed by atoms with E-state index in [9.17, 15) is 0 Å². The molecule has 0 saturated heterocycles. The molecule has 2 N–H and O–H groups in total. The van der Waals surface area contributed by atoms with E-state index in [2.05, 4.69) is 24.8 Å².